The summed E-state index contributed by atoms with van der Waals surface area (Å²) in [6, 6.07) is 3.50. The van der Waals surface area contributed by atoms with Crippen LogP contribution in [0.2, 0.25) is 0 Å². The molecule has 2 rings (SSSR count). The highest BCUT2D eigenvalue weighted by Crippen LogP contribution is 2.16. The molecule has 20 heavy (non-hydrogen) atoms. The number of rotatable bonds is 6. The summed E-state index contributed by atoms with van der Waals surface area (Å²) >= 11 is 0. The van der Waals surface area contributed by atoms with E-state index in [0.29, 0.717) is 11.4 Å². The number of aromatic amines is 1. The first-order valence-electron chi connectivity index (χ1n) is 6.08. The molecule has 0 saturated carbocycles. The first-order valence-corrected chi connectivity index (χ1v) is 7.56. The Hall–Kier alpha value is -1.93. The van der Waals surface area contributed by atoms with E-state index in [9.17, 15) is 8.42 Å². The number of sulfonamides is 1. The summed E-state index contributed by atoms with van der Waals surface area (Å²) in [5, 5.41) is 6.08. The Morgan fingerprint density at radius 1 is 1.45 bits per heavy atom. The number of nitrogens with one attached hydrogen (secondary N) is 2. The van der Waals surface area contributed by atoms with Gasteiger partial charge in [-0.25, -0.2) is 18.1 Å². The molecule has 0 radical (unpaired) electrons. The normalized spacial score (nSPS) is 11.8. The quantitative estimate of drug-likeness (QED) is 0.831. The third kappa shape index (κ3) is 3.55. The molecular formula is C12H16N4O3S. The molecule has 2 heterocycles. The summed E-state index contributed by atoms with van der Waals surface area (Å²) in [7, 11) is -3.59. The summed E-state index contributed by atoms with van der Waals surface area (Å²) < 4.78 is 32.0. The van der Waals surface area contributed by atoms with Crippen molar-refractivity contribution < 1.29 is 13.2 Å². The van der Waals surface area contributed by atoms with Gasteiger partial charge in [-0.15, -0.1) is 0 Å². The van der Waals surface area contributed by atoms with E-state index in [0.717, 1.165) is 0 Å². The van der Waals surface area contributed by atoms with E-state index in [1.165, 1.54) is 12.4 Å². The summed E-state index contributed by atoms with van der Waals surface area (Å²) in [5.41, 5.74) is 0.674. The van der Waals surface area contributed by atoms with Gasteiger partial charge in [0.2, 0.25) is 15.9 Å². The van der Waals surface area contributed by atoms with Crippen molar-refractivity contribution in [1.29, 1.82) is 0 Å². The van der Waals surface area contributed by atoms with E-state index in [-0.39, 0.29) is 17.5 Å². The molecule has 2 aromatic rings. The van der Waals surface area contributed by atoms with Crippen LogP contribution in [0, 0.1) is 0 Å². The molecule has 108 valence electrons. The average Bonchev–Trinajstić information content (AvgIpc) is 2.92. The van der Waals surface area contributed by atoms with Crippen LogP contribution in [-0.4, -0.2) is 29.7 Å². The Morgan fingerprint density at radius 3 is 2.90 bits per heavy atom. The maximum absolute atomic E-state index is 12.0. The minimum absolute atomic E-state index is 0.0332. The van der Waals surface area contributed by atoms with Crippen LogP contribution in [0.1, 0.15) is 19.4 Å². The minimum Gasteiger partial charge on any atom is -0.475 e. The van der Waals surface area contributed by atoms with Gasteiger partial charge < -0.3 is 4.74 Å². The van der Waals surface area contributed by atoms with E-state index in [4.69, 9.17) is 4.74 Å². The topological polar surface area (TPSA) is 97.0 Å². The maximum Gasteiger partial charge on any atom is 0.243 e. The lowest BCUT2D eigenvalue weighted by Crippen LogP contribution is -2.23. The van der Waals surface area contributed by atoms with Crippen LogP contribution in [0.5, 0.6) is 5.88 Å². The Morgan fingerprint density at radius 2 is 2.25 bits per heavy atom. The predicted octanol–water partition coefficient (Wildman–Crippen LogP) is 1.07. The van der Waals surface area contributed by atoms with Crippen LogP contribution >= 0.6 is 0 Å². The Labute approximate surface area is 117 Å². The maximum atomic E-state index is 12.0. The van der Waals surface area contributed by atoms with Crippen LogP contribution in [-0.2, 0) is 16.6 Å². The third-order valence-electron chi connectivity index (χ3n) is 2.43. The average molecular weight is 296 g/mol. The van der Waals surface area contributed by atoms with E-state index in [1.807, 2.05) is 13.8 Å². The highest BCUT2D eigenvalue weighted by Gasteiger charge is 2.16. The van der Waals surface area contributed by atoms with Crippen LogP contribution in [0.3, 0.4) is 0 Å². The lowest BCUT2D eigenvalue weighted by molar-refractivity contribution is 0.230. The molecule has 0 aliphatic heterocycles. The van der Waals surface area contributed by atoms with Gasteiger partial charge in [0.1, 0.15) is 4.90 Å². The van der Waals surface area contributed by atoms with E-state index >= 15 is 0 Å². The van der Waals surface area contributed by atoms with Crippen molar-refractivity contribution in [2.75, 3.05) is 0 Å². The van der Waals surface area contributed by atoms with Crippen LogP contribution < -0.4 is 9.46 Å². The zero-order valence-corrected chi connectivity index (χ0v) is 12.0. The van der Waals surface area contributed by atoms with Gasteiger partial charge in [-0.2, -0.15) is 5.10 Å². The minimum atomic E-state index is -3.59. The number of aromatic nitrogens is 3. The smallest absolute Gasteiger partial charge is 0.243 e. The number of H-pyrrole nitrogens is 1. The SMILES string of the molecule is CC(C)Oc1ncccc1CNS(=O)(=O)c1cn[nH]c1. The molecule has 0 bridgehead atoms. The summed E-state index contributed by atoms with van der Waals surface area (Å²) in [6.07, 6.45) is 4.13. The molecule has 0 fully saturated rings. The van der Waals surface area contributed by atoms with Crippen molar-refractivity contribution in [2.45, 2.75) is 31.4 Å². The van der Waals surface area contributed by atoms with Crippen LogP contribution in [0.4, 0.5) is 0 Å². The first-order chi connectivity index (χ1) is 9.49. The summed E-state index contributed by atoms with van der Waals surface area (Å²) in [6.45, 7) is 3.87. The summed E-state index contributed by atoms with van der Waals surface area (Å²) in [4.78, 5) is 4.20. The number of nitrogens with zero attached hydrogens (tertiary/aromatic N) is 2. The molecule has 0 unspecified atom stereocenters. The Bertz CT molecular complexity index is 653. The van der Waals surface area contributed by atoms with Gasteiger partial charge in [-0.3, -0.25) is 5.10 Å². The zero-order valence-electron chi connectivity index (χ0n) is 11.2. The number of hydrogen-bond acceptors (Lipinski definition) is 5. The Balaban J connectivity index is 2.12. The summed E-state index contributed by atoms with van der Waals surface area (Å²) in [5.74, 6) is 0.428. The fraction of sp³-hybridized carbons (Fsp3) is 0.333. The number of pyridine rings is 1. The number of hydrogen-bond donors (Lipinski definition) is 2. The number of ether oxygens (including phenoxy) is 1. The van der Waals surface area contributed by atoms with Gasteiger partial charge >= 0.3 is 0 Å². The molecule has 0 amide bonds. The van der Waals surface area contributed by atoms with Crippen molar-refractivity contribution >= 4 is 10.0 Å². The van der Waals surface area contributed by atoms with Gasteiger partial charge in [0.15, 0.2) is 0 Å². The molecule has 0 aliphatic rings. The molecule has 0 aromatic carbocycles. The molecule has 0 saturated heterocycles. The largest absolute Gasteiger partial charge is 0.475 e. The molecule has 0 aliphatic carbocycles. The Kier molecular flexibility index (Phi) is 4.35. The molecule has 0 atom stereocenters. The fourth-order valence-electron chi connectivity index (χ4n) is 1.53. The molecule has 2 N–H and O–H groups in total. The van der Waals surface area contributed by atoms with Crippen molar-refractivity contribution in [1.82, 2.24) is 19.9 Å². The highest BCUT2D eigenvalue weighted by atomic mass is 32.2. The van der Waals surface area contributed by atoms with E-state index in [1.54, 1.807) is 18.3 Å². The molecule has 2 aromatic heterocycles. The standard InChI is InChI=1S/C12H16N4O3S/c1-9(2)19-12-10(4-3-5-13-12)6-16-20(17,18)11-7-14-15-8-11/h3-5,7-9,16H,6H2,1-2H3,(H,14,15). The fourth-order valence-corrected chi connectivity index (χ4v) is 2.44. The van der Waals surface area contributed by atoms with Gasteiger partial charge in [0.25, 0.3) is 0 Å². The lowest BCUT2D eigenvalue weighted by Gasteiger charge is -2.13. The predicted molar refractivity (Wildman–Crippen MR) is 72.6 cm³/mol. The molecular weight excluding hydrogens is 280 g/mol. The molecule has 8 heteroatoms. The lowest BCUT2D eigenvalue weighted by atomic mass is 10.3. The van der Waals surface area contributed by atoms with Crippen molar-refractivity contribution in [2.24, 2.45) is 0 Å². The second-order valence-electron chi connectivity index (χ2n) is 4.39. The van der Waals surface area contributed by atoms with Gasteiger partial charge in [0, 0.05) is 24.5 Å². The highest BCUT2D eigenvalue weighted by molar-refractivity contribution is 7.89. The zero-order chi connectivity index (χ0) is 14.6. The monoisotopic (exact) mass is 296 g/mol. The van der Waals surface area contributed by atoms with Crippen molar-refractivity contribution in [3.05, 3.63) is 36.3 Å². The van der Waals surface area contributed by atoms with E-state index in [2.05, 4.69) is 19.9 Å². The van der Waals surface area contributed by atoms with Crippen LogP contribution in [0.25, 0.3) is 0 Å². The van der Waals surface area contributed by atoms with Crippen molar-refractivity contribution in [3.63, 3.8) is 0 Å². The second-order valence-corrected chi connectivity index (χ2v) is 6.16. The van der Waals surface area contributed by atoms with Gasteiger partial charge in [-0.05, 0) is 19.9 Å². The van der Waals surface area contributed by atoms with Crippen LogP contribution in [0.15, 0.2) is 35.6 Å². The van der Waals surface area contributed by atoms with Crippen molar-refractivity contribution in [3.8, 4) is 5.88 Å². The first kappa shape index (κ1) is 14.5. The van der Waals surface area contributed by atoms with E-state index < -0.39 is 10.0 Å². The third-order valence-corrected chi connectivity index (χ3v) is 3.80. The van der Waals surface area contributed by atoms with Gasteiger partial charge in [0.05, 0.1) is 12.3 Å². The second kappa shape index (κ2) is 6.02. The molecule has 7 nitrogen and oxygen atoms in total. The molecule has 0 spiro atoms. The van der Waals surface area contributed by atoms with Gasteiger partial charge in [-0.1, -0.05) is 6.07 Å².